The molecule has 0 unspecified atom stereocenters. The Morgan fingerprint density at radius 1 is 0.316 bits per heavy atom. The molecule has 0 amide bonds. The number of para-hydroxylation sites is 3. The van der Waals surface area contributed by atoms with E-state index in [9.17, 15) is 0 Å². The molecule has 0 fully saturated rings. The summed E-state index contributed by atoms with van der Waals surface area (Å²) in [6.45, 7) is 0. The van der Waals surface area contributed by atoms with E-state index < -0.39 is 0 Å². The van der Waals surface area contributed by atoms with E-state index in [2.05, 4.69) is 129 Å². The van der Waals surface area contributed by atoms with Crippen molar-refractivity contribution < 1.29 is 125 Å². The van der Waals surface area contributed by atoms with Gasteiger partial charge in [0.2, 0.25) is 0 Å². The molecule has 11 aromatic heterocycles. The molecule has 0 aliphatic heterocycles. The summed E-state index contributed by atoms with van der Waals surface area (Å²) in [5, 5.41) is 7.97. The number of hydrogen-bond donors (Lipinski definition) is 0. The molecule has 0 bridgehead atoms. The number of hydrogen-bond acceptors (Lipinski definition) is 12. The molecule has 0 aliphatic rings. The van der Waals surface area contributed by atoms with Gasteiger partial charge in [-0.2, -0.15) is 23.8 Å². The molecular formula is C79H50Ir6N12O-6. The molecule has 0 spiro atoms. The number of nitrogens with zero attached hydrogens (tertiary/aromatic N) is 12. The van der Waals surface area contributed by atoms with Crippen LogP contribution in [0.5, 0.6) is 0 Å². The van der Waals surface area contributed by atoms with Crippen LogP contribution in [-0.2, 0) is 121 Å². The molecule has 18 rings (SSSR count). The fourth-order valence-corrected chi connectivity index (χ4v) is 9.94. The fourth-order valence-electron chi connectivity index (χ4n) is 9.94. The number of oxazole rings is 1. The monoisotopic (exact) mass is 2340 g/mol. The normalized spacial score (nSPS) is 9.96. The zero-order valence-corrected chi connectivity index (χ0v) is 65.5. The van der Waals surface area contributed by atoms with Crippen molar-refractivity contribution in [2.24, 2.45) is 0 Å². The van der Waals surface area contributed by atoms with Crippen LogP contribution in [0, 0.1) is 36.4 Å². The molecule has 13 nitrogen and oxygen atoms in total. The minimum Gasteiger partial charge on any atom is -0.496 e. The van der Waals surface area contributed by atoms with Gasteiger partial charge in [0.25, 0.3) is 0 Å². The van der Waals surface area contributed by atoms with Crippen molar-refractivity contribution in [1.82, 2.24) is 59.4 Å². The van der Waals surface area contributed by atoms with Gasteiger partial charge in [0.15, 0.2) is 5.65 Å². The first-order valence-corrected chi connectivity index (χ1v) is 29.2. The van der Waals surface area contributed by atoms with Crippen LogP contribution < -0.4 is 0 Å². The Kier molecular flexibility index (Phi) is 30.3. The predicted molar refractivity (Wildman–Crippen MR) is 363 cm³/mol. The zero-order chi connectivity index (χ0) is 61.9. The number of aromatic nitrogens is 12. The summed E-state index contributed by atoms with van der Waals surface area (Å²) in [5.41, 5.74) is 13.0. The van der Waals surface area contributed by atoms with E-state index in [4.69, 9.17) is 9.40 Å². The SMILES string of the molecule is [Ir].[Ir].[Ir].[Ir].[Ir].[Ir].[c-]1cccc2ccc3cccnc3c12.[c-]1ccccc1-c1cc2ccccc2cn1.[c-]1ccnc2ccc3cccnc3c12.[c-]1cnccc1-c1ccccn1.[c-]1cnccc1-c1nc2ccccc2o1.[c-]1cnccc1-c1nc2cccnc2n1-c1ccccc1. The zero-order valence-electron chi connectivity index (χ0n) is 51.1. The van der Waals surface area contributed by atoms with Gasteiger partial charge in [0.05, 0.1) is 11.0 Å². The fraction of sp³-hybridized carbons (Fsp3) is 0. The number of rotatable bonds is 5. The van der Waals surface area contributed by atoms with E-state index in [1.54, 1.807) is 62.0 Å². The number of pyridine rings is 9. The van der Waals surface area contributed by atoms with Crippen molar-refractivity contribution in [2.75, 3.05) is 0 Å². The number of imidazole rings is 1. The molecule has 7 aromatic carbocycles. The molecule has 492 valence electrons. The van der Waals surface area contributed by atoms with Crippen LogP contribution in [0.2, 0.25) is 0 Å². The second-order valence-corrected chi connectivity index (χ2v) is 20.2. The third-order valence-electron chi connectivity index (χ3n) is 14.3. The molecule has 6 radical (unpaired) electrons. The first-order chi connectivity index (χ1) is 45.7. The van der Waals surface area contributed by atoms with E-state index in [1.807, 2.05) is 205 Å². The van der Waals surface area contributed by atoms with E-state index in [0.29, 0.717) is 5.89 Å². The Hall–Kier alpha value is -8.97. The quantitative estimate of drug-likeness (QED) is 0.119. The van der Waals surface area contributed by atoms with Crippen molar-refractivity contribution in [3.8, 4) is 51.0 Å². The Labute approximate surface area is 646 Å². The third-order valence-corrected chi connectivity index (χ3v) is 14.3. The van der Waals surface area contributed by atoms with Gasteiger partial charge in [-0.3, -0.25) is 24.9 Å². The first kappa shape index (κ1) is 76.4. The minimum atomic E-state index is 0. The van der Waals surface area contributed by atoms with Crippen LogP contribution in [0.15, 0.2) is 309 Å². The average molecular weight is 2340 g/mol. The van der Waals surface area contributed by atoms with Crippen molar-refractivity contribution in [1.29, 1.82) is 0 Å². The van der Waals surface area contributed by atoms with E-state index in [-0.39, 0.29) is 121 Å². The molecule has 18 aromatic rings. The molecule has 0 atom stereocenters. The van der Waals surface area contributed by atoms with Crippen molar-refractivity contribution >= 4 is 76.5 Å². The van der Waals surface area contributed by atoms with Crippen molar-refractivity contribution in [3.05, 3.63) is 341 Å². The van der Waals surface area contributed by atoms with Gasteiger partial charge in [-0.25, -0.2) is 4.98 Å². The Bertz CT molecular complexity index is 5100. The van der Waals surface area contributed by atoms with Gasteiger partial charge in [0, 0.05) is 163 Å². The van der Waals surface area contributed by atoms with Gasteiger partial charge in [-0.1, -0.05) is 121 Å². The molecule has 19 heteroatoms. The number of fused-ring (bicyclic) bond motifs is 9. The van der Waals surface area contributed by atoms with Gasteiger partial charge in [0.1, 0.15) is 11.5 Å². The van der Waals surface area contributed by atoms with Gasteiger partial charge in [-0.05, 0) is 141 Å². The molecule has 11 heterocycles. The smallest absolute Gasteiger partial charge is 0.152 e. The largest absolute Gasteiger partial charge is 0.496 e. The standard InChI is InChI=1S/C17H11N4.C15H10N.C13H8N.C12H7N2O.C12H7N2.C10H7N2.6Ir/c1-2-5-14(6-3-1)21-16(13-8-11-18-12-9-13)20-15-7-4-10-19-17(15)21;1-2-6-12(7-3-1)15-10-13-8-4-5-9-14(13)11-16-15;1-2-6-12-10(4-1)7-8-11-5-3-9-14-13(11)12;1-2-4-11-10(3-1)14-12(15-11)9-5-7-13-8-6-9;1-3-9-5-6-11-10(4-2-7-13-11)12(9)14-8-1;1-2-6-12-10(3-1)9-4-7-11-8-5-9;;;;;;/h1-8,10-12H;1-6,8-11H;1-5,7-9H;1-5,7-8H;1-3,5-8H;1-4,6-8H;;;;;;/q6*-1;;;;;;. The van der Waals surface area contributed by atoms with Crippen LogP contribution >= 0.6 is 0 Å². The predicted octanol–water partition coefficient (Wildman–Crippen LogP) is 17.4. The maximum atomic E-state index is 5.58. The molecule has 0 N–H and O–H groups in total. The van der Waals surface area contributed by atoms with Gasteiger partial charge in [-0.15, -0.1) is 112 Å². The topological polar surface area (TPSA) is 160 Å². The maximum Gasteiger partial charge on any atom is 0.152 e. The average Bonchev–Trinajstić information content (AvgIpc) is 1.50. The van der Waals surface area contributed by atoms with E-state index >= 15 is 0 Å². The summed E-state index contributed by atoms with van der Waals surface area (Å²) in [6, 6.07) is 94.0. The van der Waals surface area contributed by atoms with Crippen LogP contribution in [0.1, 0.15) is 0 Å². The van der Waals surface area contributed by atoms with Crippen molar-refractivity contribution in [3.63, 3.8) is 0 Å². The Morgan fingerprint density at radius 2 is 0.888 bits per heavy atom. The molecule has 0 aliphatic carbocycles. The van der Waals surface area contributed by atoms with E-state index in [0.717, 1.165) is 100 Å². The summed E-state index contributed by atoms with van der Waals surface area (Å²) in [5.74, 6) is 1.40. The Morgan fingerprint density at radius 3 is 1.59 bits per heavy atom. The van der Waals surface area contributed by atoms with Crippen molar-refractivity contribution in [2.45, 2.75) is 0 Å². The summed E-state index contributed by atoms with van der Waals surface area (Å²) in [4.78, 5) is 47.0. The van der Waals surface area contributed by atoms with E-state index in [1.165, 1.54) is 21.5 Å². The van der Waals surface area contributed by atoms with Gasteiger partial charge >= 0.3 is 0 Å². The van der Waals surface area contributed by atoms with Crippen LogP contribution in [-0.4, -0.2) is 59.4 Å². The summed E-state index contributed by atoms with van der Waals surface area (Å²) in [6.07, 6.45) is 20.9. The molecule has 98 heavy (non-hydrogen) atoms. The molecule has 0 saturated carbocycles. The summed E-state index contributed by atoms with van der Waals surface area (Å²) < 4.78 is 7.63. The Balaban J connectivity index is 0.000000165. The summed E-state index contributed by atoms with van der Waals surface area (Å²) >= 11 is 0. The van der Waals surface area contributed by atoms with Crippen LogP contribution in [0.3, 0.4) is 0 Å². The first-order valence-electron chi connectivity index (χ1n) is 29.2. The van der Waals surface area contributed by atoms with Crippen LogP contribution in [0.25, 0.3) is 128 Å². The number of benzene rings is 7. The minimum absolute atomic E-state index is 0. The summed E-state index contributed by atoms with van der Waals surface area (Å²) in [7, 11) is 0. The maximum absolute atomic E-state index is 5.58. The molecular weight excluding hydrogens is 2290 g/mol. The molecule has 0 saturated heterocycles. The van der Waals surface area contributed by atoms with Gasteiger partial charge < -0.3 is 33.9 Å². The second kappa shape index (κ2) is 38.8. The van der Waals surface area contributed by atoms with Crippen LogP contribution in [0.4, 0.5) is 0 Å². The second-order valence-electron chi connectivity index (χ2n) is 20.2. The third kappa shape index (κ3) is 19.2.